The second kappa shape index (κ2) is 7.27. The van der Waals surface area contributed by atoms with E-state index in [-0.39, 0.29) is 11.8 Å². The van der Waals surface area contributed by atoms with Crippen LogP contribution in [-0.2, 0) is 4.79 Å². The summed E-state index contributed by atoms with van der Waals surface area (Å²) in [6.07, 6.45) is 3.33. The number of rotatable bonds is 3. The van der Waals surface area contributed by atoms with Crippen molar-refractivity contribution in [2.45, 2.75) is 33.6 Å². The molecule has 1 amide bonds. The number of hydrogen-bond acceptors (Lipinski definition) is 5. The zero-order valence-electron chi connectivity index (χ0n) is 16.0. The van der Waals surface area contributed by atoms with Gasteiger partial charge in [0.25, 0.3) is 0 Å². The average molecular weight is 381 g/mol. The third kappa shape index (κ3) is 3.41. The number of para-hydroxylation sites is 1. The molecule has 27 heavy (non-hydrogen) atoms. The van der Waals surface area contributed by atoms with Gasteiger partial charge in [-0.2, -0.15) is 0 Å². The molecule has 0 aliphatic carbocycles. The summed E-state index contributed by atoms with van der Waals surface area (Å²) in [6.45, 7) is 7.97. The number of fused-ring (bicyclic) bond motifs is 1. The van der Waals surface area contributed by atoms with Gasteiger partial charge in [0.15, 0.2) is 0 Å². The predicted molar refractivity (Wildman–Crippen MR) is 112 cm³/mol. The molecule has 1 aliphatic rings. The summed E-state index contributed by atoms with van der Waals surface area (Å²) in [7, 11) is 0. The summed E-state index contributed by atoms with van der Waals surface area (Å²) < 4.78 is 0. The van der Waals surface area contributed by atoms with Gasteiger partial charge >= 0.3 is 0 Å². The van der Waals surface area contributed by atoms with Crippen molar-refractivity contribution in [3.05, 3.63) is 46.6 Å². The fourth-order valence-corrected chi connectivity index (χ4v) is 4.70. The smallest absolute Gasteiger partial charge is 0.227 e. The van der Waals surface area contributed by atoms with E-state index in [0.717, 1.165) is 47.8 Å². The Kier molecular flexibility index (Phi) is 4.83. The Hall–Kier alpha value is -2.47. The van der Waals surface area contributed by atoms with E-state index >= 15 is 0 Å². The molecule has 140 valence electrons. The van der Waals surface area contributed by atoms with Crippen LogP contribution in [0, 0.1) is 26.7 Å². The Labute approximate surface area is 163 Å². The summed E-state index contributed by atoms with van der Waals surface area (Å²) in [4.78, 5) is 26.3. The van der Waals surface area contributed by atoms with Crippen LogP contribution in [0.4, 0.5) is 11.5 Å². The third-order valence-electron chi connectivity index (χ3n) is 5.51. The van der Waals surface area contributed by atoms with Crippen LogP contribution in [0.5, 0.6) is 0 Å². The normalized spacial score (nSPS) is 15.3. The van der Waals surface area contributed by atoms with E-state index in [1.165, 1.54) is 15.8 Å². The van der Waals surface area contributed by atoms with Crippen molar-refractivity contribution >= 4 is 39.0 Å². The third-order valence-corrected chi connectivity index (χ3v) is 6.63. The van der Waals surface area contributed by atoms with Crippen molar-refractivity contribution in [1.29, 1.82) is 0 Å². The fraction of sp³-hybridized carbons (Fsp3) is 0.381. The lowest BCUT2D eigenvalue weighted by molar-refractivity contribution is -0.120. The van der Waals surface area contributed by atoms with Crippen LogP contribution in [-0.4, -0.2) is 29.0 Å². The number of carbonyl (C=O) groups is 1. The Bertz CT molecular complexity index is 989. The van der Waals surface area contributed by atoms with E-state index < -0.39 is 0 Å². The maximum absolute atomic E-state index is 12.7. The number of aryl methyl sites for hydroxylation is 3. The second-order valence-electron chi connectivity index (χ2n) is 7.23. The molecule has 0 saturated carbocycles. The van der Waals surface area contributed by atoms with Crippen LogP contribution in [0.25, 0.3) is 10.2 Å². The molecular weight excluding hydrogens is 356 g/mol. The van der Waals surface area contributed by atoms with Crippen molar-refractivity contribution in [2.75, 3.05) is 23.3 Å². The molecule has 3 heterocycles. The van der Waals surface area contributed by atoms with Crippen molar-refractivity contribution < 1.29 is 4.79 Å². The largest absolute Gasteiger partial charge is 0.356 e. The van der Waals surface area contributed by atoms with Crippen LogP contribution in [0.15, 0.2) is 30.6 Å². The average Bonchev–Trinajstić information content (AvgIpc) is 2.98. The van der Waals surface area contributed by atoms with Crippen molar-refractivity contribution in [1.82, 2.24) is 9.97 Å². The SMILES string of the molecule is Cc1ccccc1NC(=O)C1CCN(c2ncnc3sc(C)c(C)c23)CC1. The molecule has 0 spiro atoms. The molecule has 0 unspecified atom stereocenters. The first-order valence-electron chi connectivity index (χ1n) is 9.36. The number of hydrogen-bond donors (Lipinski definition) is 1. The standard InChI is InChI=1S/C21H24N4OS/c1-13-6-4-5-7-17(13)24-20(26)16-8-10-25(11-9-16)19-18-14(2)15(3)27-21(18)23-12-22-19/h4-7,12,16H,8-11H2,1-3H3,(H,24,26). The number of aromatic nitrogens is 2. The lowest BCUT2D eigenvalue weighted by Crippen LogP contribution is -2.38. The lowest BCUT2D eigenvalue weighted by atomic mass is 9.95. The van der Waals surface area contributed by atoms with Gasteiger partial charge in [-0.15, -0.1) is 11.3 Å². The Morgan fingerprint density at radius 2 is 1.89 bits per heavy atom. The van der Waals surface area contributed by atoms with Gasteiger partial charge in [-0.05, 0) is 50.8 Å². The Morgan fingerprint density at radius 1 is 1.15 bits per heavy atom. The maximum Gasteiger partial charge on any atom is 0.227 e. The topological polar surface area (TPSA) is 58.1 Å². The summed E-state index contributed by atoms with van der Waals surface area (Å²) in [5.41, 5.74) is 3.27. The quantitative estimate of drug-likeness (QED) is 0.728. The van der Waals surface area contributed by atoms with Crippen LogP contribution in [0.2, 0.25) is 0 Å². The molecule has 0 radical (unpaired) electrons. The number of amides is 1. The second-order valence-corrected chi connectivity index (χ2v) is 8.43. The minimum absolute atomic E-state index is 0.0449. The molecule has 0 atom stereocenters. The predicted octanol–water partition coefficient (Wildman–Crippen LogP) is 4.47. The molecule has 1 fully saturated rings. The first-order valence-corrected chi connectivity index (χ1v) is 10.2. The van der Waals surface area contributed by atoms with Crippen LogP contribution >= 0.6 is 11.3 Å². The number of nitrogens with one attached hydrogen (secondary N) is 1. The molecule has 6 heteroatoms. The van der Waals surface area contributed by atoms with E-state index in [0.29, 0.717) is 0 Å². The summed E-state index contributed by atoms with van der Waals surface area (Å²) in [5, 5.41) is 4.26. The highest BCUT2D eigenvalue weighted by molar-refractivity contribution is 7.18. The van der Waals surface area contributed by atoms with Crippen LogP contribution < -0.4 is 10.2 Å². The van der Waals surface area contributed by atoms with Gasteiger partial charge in [0.05, 0.1) is 5.39 Å². The Morgan fingerprint density at radius 3 is 2.63 bits per heavy atom. The first-order chi connectivity index (χ1) is 13.0. The molecule has 1 aliphatic heterocycles. The molecular formula is C21H24N4OS. The van der Waals surface area contributed by atoms with Gasteiger partial charge in [0.2, 0.25) is 5.91 Å². The highest BCUT2D eigenvalue weighted by Crippen LogP contribution is 2.35. The van der Waals surface area contributed by atoms with E-state index in [9.17, 15) is 4.79 Å². The molecule has 2 aromatic heterocycles. The zero-order chi connectivity index (χ0) is 19.0. The molecule has 1 N–H and O–H groups in total. The van der Waals surface area contributed by atoms with Gasteiger partial charge < -0.3 is 10.2 Å². The van der Waals surface area contributed by atoms with E-state index in [1.54, 1.807) is 17.7 Å². The number of benzene rings is 1. The monoisotopic (exact) mass is 380 g/mol. The van der Waals surface area contributed by atoms with Gasteiger partial charge in [-0.1, -0.05) is 18.2 Å². The molecule has 0 bridgehead atoms. The summed E-state index contributed by atoms with van der Waals surface area (Å²) in [5.74, 6) is 1.18. The van der Waals surface area contributed by atoms with Gasteiger partial charge in [-0.25, -0.2) is 9.97 Å². The van der Waals surface area contributed by atoms with Crippen LogP contribution in [0.3, 0.4) is 0 Å². The molecule has 3 aromatic rings. The zero-order valence-corrected chi connectivity index (χ0v) is 16.8. The summed E-state index contributed by atoms with van der Waals surface area (Å²) >= 11 is 1.72. The number of carbonyl (C=O) groups excluding carboxylic acids is 1. The number of nitrogens with zero attached hydrogens (tertiary/aromatic N) is 3. The van der Waals surface area contributed by atoms with Crippen molar-refractivity contribution in [3.63, 3.8) is 0 Å². The lowest BCUT2D eigenvalue weighted by Gasteiger charge is -2.32. The summed E-state index contributed by atoms with van der Waals surface area (Å²) in [6, 6.07) is 7.92. The first kappa shape index (κ1) is 17.9. The maximum atomic E-state index is 12.7. The van der Waals surface area contributed by atoms with Crippen molar-refractivity contribution in [3.8, 4) is 0 Å². The highest BCUT2D eigenvalue weighted by Gasteiger charge is 2.27. The minimum atomic E-state index is 0.0449. The molecule has 1 aromatic carbocycles. The van der Waals surface area contributed by atoms with Gasteiger partial charge in [-0.3, -0.25) is 4.79 Å². The van der Waals surface area contributed by atoms with Gasteiger partial charge in [0.1, 0.15) is 17.0 Å². The van der Waals surface area contributed by atoms with Crippen molar-refractivity contribution in [2.24, 2.45) is 5.92 Å². The number of anilines is 2. The molecule has 5 nitrogen and oxygen atoms in total. The van der Waals surface area contributed by atoms with E-state index in [1.807, 2.05) is 31.2 Å². The highest BCUT2D eigenvalue weighted by atomic mass is 32.1. The molecule has 4 rings (SSSR count). The van der Waals surface area contributed by atoms with E-state index in [4.69, 9.17) is 0 Å². The number of thiophene rings is 1. The van der Waals surface area contributed by atoms with E-state index in [2.05, 4.69) is 34.0 Å². The van der Waals surface area contributed by atoms with Gasteiger partial charge in [0, 0.05) is 29.6 Å². The Balaban J connectivity index is 1.47. The van der Waals surface area contributed by atoms with Crippen LogP contribution in [0.1, 0.15) is 28.8 Å². The fourth-order valence-electron chi connectivity index (χ4n) is 3.70. The number of piperidine rings is 1. The molecule has 1 saturated heterocycles. The minimum Gasteiger partial charge on any atom is -0.356 e.